The molecule has 1 amide bonds. The third kappa shape index (κ3) is 4.36. The average molecular weight is 462 g/mol. The van der Waals surface area contributed by atoms with Crippen LogP contribution in [0.3, 0.4) is 0 Å². The zero-order chi connectivity index (χ0) is 24.1. The lowest BCUT2D eigenvalue weighted by molar-refractivity contribution is -0.120. The van der Waals surface area contributed by atoms with Crippen LogP contribution in [0.2, 0.25) is 0 Å². The van der Waals surface area contributed by atoms with E-state index in [2.05, 4.69) is 6.58 Å². The molecule has 1 unspecified atom stereocenters. The van der Waals surface area contributed by atoms with Gasteiger partial charge in [-0.2, -0.15) is 0 Å². The van der Waals surface area contributed by atoms with Gasteiger partial charge in [-0.3, -0.25) is 9.69 Å². The van der Waals surface area contributed by atoms with Gasteiger partial charge in [0, 0.05) is 23.2 Å². The SMILES string of the molecule is C=CCOc1cccc(COC2(c3ccccc3)c3ccccc3C(=O)N2Cc2ccccc2)c1. The molecule has 0 radical (unpaired) electrons. The van der Waals surface area contributed by atoms with Crippen molar-refractivity contribution >= 4 is 5.91 Å². The summed E-state index contributed by atoms with van der Waals surface area (Å²) in [5.74, 6) is 0.708. The Balaban J connectivity index is 1.59. The Labute approximate surface area is 206 Å². The molecule has 4 aromatic carbocycles. The predicted molar refractivity (Wildman–Crippen MR) is 137 cm³/mol. The smallest absolute Gasteiger partial charge is 0.257 e. The maximum Gasteiger partial charge on any atom is 0.257 e. The summed E-state index contributed by atoms with van der Waals surface area (Å²) >= 11 is 0. The molecule has 5 rings (SSSR count). The second-order valence-electron chi connectivity index (χ2n) is 8.47. The standard InChI is InChI=1S/C31H27NO3/c1-2-20-34-27-17-11-14-25(21-27)23-35-31(26-15-7-4-8-16-26)29-19-10-9-18-28(29)30(33)32(31)22-24-12-5-3-6-13-24/h2-19,21H,1,20,22-23H2. The fraction of sp³-hybridized carbons (Fsp3) is 0.129. The second-order valence-corrected chi connectivity index (χ2v) is 8.47. The van der Waals surface area contributed by atoms with E-state index < -0.39 is 5.72 Å². The molecule has 0 bridgehead atoms. The first-order valence-corrected chi connectivity index (χ1v) is 11.7. The fourth-order valence-electron chi connectivity index (χ4n) is 4.63. The quantitative estimate of drug-likeness (QED) is 0.274. The van der Waals surface area contributed by atoms with E-state index in [1.54, 1.807) is 6.08 Å². The van der Waals surface area contributed by atoms with E-state index in [1.165, 1.54) is 0 Å². The summed E-state index contributed by atoms with van der Waals surface area (Å²) in [6.45, 7) is 4.87. The van der Waals surface area contributed by atoms with Gasteiger partial charge in [0.25, 0.3) is 5.91 Å². The van der Waals surface area contributed by atoms with Gasteiger partial charge in [-0.1, -0.05) is 104 Å². The van der Waals surface area contributed by atoms with Crippen LogP contribution in [0.5, 0.6) is 5.75 Å². The normalized spacial score (nSPS) is 16.7. The summed E-state index contributed by atoms with van der Waals surface area (Å²) in [7, 11) is 0. The number of carbonyl (C=O) groups is 1. The van der Waals surface area contributed by atoms with Crippen molar-refractivity contribution in [3.05, 3.63) is 150 Å². The van der Waals surface area contributed by atoms with E-state index in [0.29, 0.717) is 25.3 Å². The summed E-state index contributed by atoms with van der Waals surface area (Å²) in [5.41, 5.74) is 3.36. The Morgan fingerprint density at radius 1 is 0.800 bits per heavy atom. The van der Waals surface area contributed by atoms with Crippen LogP contribution in [0.15, 0.2) is 122 Å². The molecule has 1 aliphatic rings. The topological polar surface area (TPSA) is 38.8 Å². The molecule has 0 aliphatic carbocycles. The van der Waals surface area contributed by atoms with Crippen molar-refractivity contribution in [1.82, 2.24) is 4.90 Å². The van der Waals surface area contributed by atoms with Crippen molar-refractivity contribution < 1.29 is 14.3 Å². The molecule has 1 heterocycles. The van der Waals surface area contributed by atoms with Crippen molar-refractivity contribution in [2.45, 2.75) is 18.9 Å². The van der Waals surface area contributed by atoms with Gasteiger partial charge in [-0.05, 0) is 29.3 Å². The first-order chi connectivity index (χ1) is 17.2. The van der Waals surface area contributed by atoms with Gasteiger partial charge in [0.05, 0.1) is 6.61 Å². The Hall–Kier alpha value is -4.15. The summed E-state index contributed by atoms with van der Waals surface area (Å²) in [6.07, 6.45) is 1.72. The molecule has 1 aliphatic heterocycles. The molecule has 1 atom stereocenters. The maximum absolute atomic E-state index is 13.8. The molecular weight excluding hydrogens is 434 g/mol. The van der Waals surface area contributed by atoms with Crippen LogP contribution in [0.1, 0.15) is 32.6 Å². The van der Waals surface area contributed by atoms with E-state index in [4.69, 9.17) is 9.47 Å². The molecule has 0 aromatic heterocycles. The van der Waals surface area contributed by atoms with Crippen LogP contribution in [0, 0.1) is 0 Å². The number of hydrogen-bond acceptors (Lipinski definition) is 3. The van der Waals surface area contributed by atoms with Gasteiger partial charge in [0.15, 0.2) is 5.72 Å². The molecule has 0 spiro atoms. The van der Waals surface area contributed by atoms with Gasteiger partial charge < -0.3 is 9.47 Å². The number of carbonyl (C=O) groups excluding carboxylic acids is 1. The molecule has 35 heavy (non-hydrogen) atoms. The second kappa shape index (κ2) is 10.00. The average Bonchev–Trinajstić information content (AvgIpc) is 3.16. The fourth-order valence-corrected chi connectivity index (χ4v) is 4.63. The number of fused-ring (bicyclic) bond motifs is 1. The summed E-state index contributed by atoms with van der Waals surface area (Å²) in [5, 5.41) is 0. The van der Waals surface area contributed by atoms with E-state index in [9.17, 15) is 4.79 Å². The zero-order valence-corrected chi connectivity index (χ0v) is 19.5. The van der Waals surface area contributed by atoms with Crippen LogP contribution >= 0.6 is 0 Å². The highest BCUT2D eigenvalue weighted by Crippen LogP contribution is 2.46. The van der Waals surface area contributed by atoms with E-state index in [-0.39, 0.29) is 5.91 Å². The highest BCUT2D eigenvalue weighted by Gasteiger charge is 2.52. The van der Waals surface area contributed by atoms with Crippen molar-refractivity contribution in [2.75, 3.05) is 6.61 Å². The summed E-state index contributed by atoms with van der Waals surface area (Å²) in [4.78, 5) is 15.6. The molecule has 0 saturated heterocycles. The minimum atomic E-state index is -1.07. The van der Waals surface area contributed by atoms with Crippen molar-refractivity contribution in [3.8, 4) is 5.75 Å². The van der Waals surface area contributed by atoms with Crippen LogP contribution in [-0.2, 0) is 23.6 Å². The number of benzene rings is 4. The first kappa shape index (κ1) is 22.6. The molecule has 4 heteroatoms. The summed E-state index contributed by atoms with van der Waals surface area (Å²) < 4.78 is 12.5. The Morgan fingerprint density at radius 3 is 2.26 bits per heavy atom. The van der Waals surface area contributed by atoms with Gasteiger partial charge >= 0.3 is 0 Å². The molecule has 4 aromatic rings. The summed E-state index contributed by atoms with van der Waals surface area (Å²) in [6, 6.07) is 35.6. The number of nitrogens with zero attached hydrogens (tertiary/aromatic N) is 1. The lowest BCUT2D eigenvalue weighted by Gasteiger charge is -2.39. The molecule has 0 fully saturated rings. The van der Waals surface area contributed by atoms with Gasteiger partial charge in [0.1, 0.15) is 12.4 Å². The maximum atomic E-state index is 13.8. The zero-order valence-electron chi connectivity index (χ0n) is 19.5. The molecular formula is C31H27NO3. The molecule has 4 nitrogen and oxygen atoms in total. The van der Waals surface area contributed by atoms with Crippen LogP contribution in [0.25, 0.3) is 0 Å². The van der Waals surface area contributed by atoms with Crippen LogP contribution < -0.4 is 4.74 Å². The number of ether oxygens (including phenoxy) is 2. The van der Waals surface area contributed by atoms with Crippen LogP contribution in [0.4, 0.5) is 0 Å². The number of amides is 1. The Morgan fingerprint density at radius 2 is 1.49 bits per heavy atom. The van der Waals surface area contributed by atoms with Crippen molar-refractivity contribution in [3.63, 3.8) is 0 Å². The van der Waals surface area contributed by atoms with Crippen LogP contribution in [-0.4, -0.2) is 17.4 Å². The highest BCUT2D eigenvalue weighted by atomic mass is 16.5. The predicted octanol–water partition coefficient (Wildman–Crippen LogP) is 6.33. The Bertz CT molecular complexity index is 1320. The number of rotatable bonds is 9. The number of hydrogen-bond donors (Lipinski definition) is 0. The first-order valence-electron chi connectivity index (χ1n) is 11.7. The molecule has 0 saturated carbocycles. The van der Waals surface area contributed by atoms with Crippen molar-refractivity contribution in [1.29, 1.82) is 0 Å². The molecule has 174 valence electrons. The molecule has 0 N–H and O–H groups in total. The van der Waals surface area contributed by atoms with Gasteiger partial charge in [0.2, 0.25) is 0 Å². The van der Waals surface area contributed by atoms with Gasteiger partial charge in [-0.25, -0.2) is 0 Å². The van der Waals surface area contributed by atoms with E-state index >= 15 is 0 Å². The van der Waals surface area contributed by atoms with E-state index in [0.717, 1.165) is 28.0 Å². The lowest BCUT2D eigenvalue weighted by Crippen LogP contribution is -2.46. The Kier molecular flexibility index (Phi) is 6.47. The van der Waals surface area contributed by atoms with Gasteiger partial charge in [-0.15, -0.1) is 0 Å². The third-order valence-electron chi connectivity index (χ3n) is 6.21. The van der Waals surface area contributed by atoms with E-state index in [1.807, 2.05) is 114 Å². The third-order valence-corrected chi connectivity index (χ3v) is 6.21. The highest BCUT2D eigenvalue weighted by molar-refractivity contribution is 6.00. The minimum Gasteiger partial charge on any atom is -0.490 e. The lowest BCUT2D eigenvalue weighted by atomic mass is 9.93. The largest absolute Gasteiger partial charge is 0.490 e. The minimum absolute atomic E-state index is 0.0450. The monoisotopic (exact) mass is 461 g/mol. The van der Waals surface area contributed by atoms with Crippen molar-refractivity contribution in [2.24, 2.45) is 0 Å².